The zero-order chi connectivity index (χ0) is 16.7. The number of amides is 1. The summed E-state index contributed by atoms with van der Waals surface area (Å²) in [7, 11) is -2.29. The molecule has 23 heavy (non-hydrogen) atoms. The van der Waals surface area contributed by atoms with Gasteiger partial charge in [0.05, 0.1) is 7.11 Å². The van der Waals surface area contributed by atoms with E-state index >= 15 is 0 Å². The summed E-state index contributed by atoms with van der Waals surface area (Å²) in [5, 5.41) is 2.89. The average Bonchev–Trinajstić information content (AvgIpc) is 2.49. The maximum atomic E-state index is 12.4. The van der Waals surface area contributed by atoms with Crippen molar-refractivity contribution in [3.05, 3.63) is 24.3 Å². The van der Waals surface area contributed by atoms with Gasteiger partial charge >= 0.3 is 0 Å². The molecule has 1 aliphatic carbocycles. The van der Waals surface area contributed by atoms with E-state index in [2.05, 4.69) is 5.32 Å². The molecule has 0 saturated heterocycles. The summed E-state index contributed by atoms with van der Waals surface area (Å²) in [6, 6.07) is 6.47. The summed E-state index contributed by atoms with van der Waals surface area (Å²) < 4.78 is 30.0. The molecule has 0 bridgehead atoms. The van der Waals surface area contributed by atoms with Crippen LogP contribution >= 0.6 is 0 Å². The monoisotopic (exact) mass is 339 g/mol. The number of methoxy groups -OCH3 is 1. The molecule has 0 radical (unpaired) electrons. The molecule has 1 aromatic rings. The summed E-state index contributed by atoms with van der Waals surface area (Å²) in [5.41, 5.74) is 0. The van der Waals surface area contributed by atoms with Gasteiger partial charge in [-0.25, -0.2) is 8.42 Å². The lowest BCUT2D eigenvalue weighted by atomic mass is 9.97. The van der Waals surface area contributed by atoms with Gasteiger partial charge in [0.25, 0.3) is 0 Å². The molecular weight excluding hydrogens is 314 g/mol. The molecule has 1 aliphatic rings. The van der Waals surface area contributed by atoms with Gasteiger partial charge in [-0.15, -0.1) is 0 Å². The Bertz CT molecular complexity index is 619. The topological polar surface area (TPSA) is 72.5 Å². The number of rotatable bonds is 5. The van der Waals surface area contributed by atoms with Crippen molar-refractivity contribution in [1.82, 2.24) is 5.32 Å². The number of hydrogen-bond donors (Lipinski definition) is 1. The number of nitrogens with one attached hydrogen (secondary N) is 1. The Kier molecular flexibility index (Phi) is 6.45. The highest BCUT2D eigenvalue weighted by atomic mass is 32.2. The highest BCUT2D eigenvalue weighted by Crippen LogP contribution is 2.24. The minimum Gasteiger partial charge on any atom is -0.495 e. The second-order valence-corrected chi connectivity index (χ2v) is 7.98. The Morgan fingerprint density at radius 2 is 1.74 bits per heavy atom. The summed E-state index contributed by atoms with van der Waals surface area (Å²) in [6.45, 7) is 0. The average molecular weight is 339 g/mol. The first-order chi connectivity index (χ1) is 11.0. The molecule has 0 aliphatic heterocycles. The van der Waals surface area contributed by atoms with Crippen LogP contribution < -0.4 is 10.1 Å². The summed E-state index contributed by atoms with van der Waals surface area (Å²) in [4.78, 5) is 12.2. The molecule has 1 fully saturated rings. The molecule has 5 nitrogen and oxygen atoms in total. The van der Waals surface area contributed by atoms with Crippen molar-refractivity contribution in [3.63, 3.8) is 0 Å². The van der Waals surface area contributed by atoms with Crippen molar-refractivity contribution >= 4 is 15.7 Å². The smallest absolute Gasteiger partial charge is 0.235 e. The van der Waals surface area contributed by atoms with Crippen LogP contribution in [0, 0.1) is 0 Å². The van der Waals surface area contributed by atoms with Gasteiger partial charge < -0.3 is 10.1 Å². The Labute approximate surface area is 138 Å². The van der Waals surface area contributed by atoms with E-state index in [1.165, 1.54) is 32.4 Å². The summed E-state index contributed by atoms with van der Waals surface area (Å²) in [6.07, 6.45) is 7.66. The maximum Gasteiger partial charge on any atom is 0.235 e. The molecule has 0 unspecified atom stereocenters. The van der Waals surface area contributed by atoms with Gasteiger partial charge in [0.15, 0.2) is 9.84 Å². The second kappa shape index (κ2) is 8.34. The van der Waals surface area contributed by atoms with Crippen LogP contribution in [-0.4, -0.2) is 33.2 Å². The third-order valence-electron chi connectivity index (χ3n) is 4.20. The minimum atomic E-state index is -3.71. The van der Waals surface area contributed by atoms with Crippen molar-refractivity contribution in [2.24, 2.45) is 0 Å². The first kappa shape index (κ1) is 17.8. The molecule has 6 heteroatoms. The van der Waals surface area contributed by atoms with E-state index in [9.17, 15) is 13.2 Å². The van der Waals surface area contributed by atoms with Gasteiger partial charge in [-0.05, 0) is 25.0 Å². The van der Waals surface area contributed by atoms with Crippen LogP contribution in [0.1, 0.15) is 44.9 Å². The fourth-order valence-electron chi connectivity index (χ4n) is 3.00. The SMILES string of the molecule is COc1ccccc1S(=O)(=O)CC(=O)NC1CCCCCCC1. The molecule has 0 atom stereocenters. The fourth-order valence-corrected chi connectivity index (χ4v) is 4.32. The van der Waals surface area contributed by atoms with Gasteiger partial charge in [0.1, 0.15) is 16.4 Å². The zero-order valence-corrected chi connectivity index (χ0v) is 14.4. The Hall–Kier alpha value is -1.56. The largest absolute Gasteiger partial charge is 0.495 e. The fraction of sp³-hybridized carbons (Fsp3) is 0.588. The first-order valence-electron chi connectivity index (χ1n) is 8.18. The second-order valence-electron chi connectivity index (χ2n) is 6.02. The number of sulfone groups is 1. The standard InChI is InChI=1S/C17H25NO4S/c1-22-15-11-7-8-12-16(15)23(20,21)13-17(19)18-14-9-5-3-2-4-6-10-14/h7-8,11-12,14H,2-6,9-10,13H2,1H3,(H,18,19). The molecule has 1 aromatic carbocycles. The van der Waals surface area contributed by atoms with Crippen LogP contribution in [-0.2, 0) is 14.6 Å². The molecule has 128 valence electrons. The van der Waals surface area contributed by atoms with Gasteiger partial charge in [0, 0.05) is 6.04 Å². The van der Waals surface area contributed by atoms with Crippen molar-refractivity contribution in [3.8, 4) is 5.75 Å². The van der Waals surface area contributed by atoms with Crippen LogP contribution in [0.3, 0.4) is 0 Å². The van der Waals surface area contributed by atoms with E-state index in [0.29, 0.717) is 0 Å². The molecule has 1 N–H and O–H groups in total. The lowest BCUT2D eigenvalue weighted by Crippen LogP contribution is -2.38. The first-order valence-corrected chi connectivity index (χ1v) is 9.83. The van der Waals surface area contributed by atoms with Gasteiger partial charge in [-0.2, -0.15) is 0 Å². The summed E-state index contributed by atoms with van der Waals surface area (Å²) >= 11 is 0. The van der Waals surface area contributed by atoms with E-state index < -0.39 is 21.5 Å². The summed E-state index contributed by atoms with van der Waals surface area (Å²) in [5.74, 6) is -0.697. The van der Waals surface area contributed by atoms with Gasteiger partial charge in [0.2, 0.25) is 5.91 Å². The van der Waals surface area contributed by atoms with E-state index in [1.54, 1.807) is 18.2 Å². The Morgan fingerprint density at radius 3 is 2.39 bits per heavy atom. The molecule has 1 amide bonds. The number of benzene rings is 1. The zero-order valence-electron chi connectivity index (χ0n) is 13.6. The van der Waals surface area contributed by atoms with Crippen LogP contribution in [0.15, 0.2) is 29.2 Å². The molecule has 0 aromatic heterocycles. The third kappa shape index (κ3) is 5.23. The molecule has 0 spiro atoms. The minimum absolute atomic E-state index is 0.0651. The number of hydrogen-bond acceptors (Lipinski definition) is 4. The van der Waals surface area contributed by atoms with E-state index in [1.807, 2.05) is 0 Å². The maximum absolute atomic E-state index is 12.4. The molecule has 1 saturated carbocycles. The van der Waals surface area contributed by atoms with Crippen molar-refractivity contribution in [2.75, 3.05) is 12.9 Å². The van der Waals surface area contributed by atoms with Crippen LogP contribution in [0.2, 0.25) is 0 Å². The predicted octanol–water partition coefficient (Wildman–Crippen LogP) is 2.70. The van der Waals surface area contributed by atoms with Crippen LogP contribution in [0.25, 0.3) is 0 Å². The van der Waals surface area contributed by atoms with Crippen LogP contribution in [0.5, 0.6) is 5.75 Å². The number of carbonyl (C=O) groups excluding carboxylic acids is 1. The van der Waals surface area contributed by atoms with E-state index in [0.717, 1.165) is 25.7 Å². The number of carbonyl (C=O) groups is 1. The number of ether oxygens (including phenoxy) is 1. The Morgan fingerprint density at radius 1 is 1.13 bits per heavy atom. The predicted molar refractivity (Wildman–Crippen MR) is 89.3 cm³/mol. The van der Waals surface area contributed by atoms with E-state index in [4.69, 9.17) is 4.74 Å². The molecular formula is C17H25NO4S. The van der Waals surface area contributed by atoms with Crippen molar-refractivity contribution < 1.29 is 17.9 Å². The highest BCUT2D eigenvalue weighted by Gasteiger charge is 2.24. The third-order valence-corrected chi connectivity index (χ3v) is 5.85. The lowest BCUT2D eigenvalue weighted by Gasteiger charge is -2.21. The van der Waals surface area contributed by atoms with Crippen molar-refractivity contribution in [2.45, 2.75) is 55.9 Å². The number of para-hydroxylation sites is 1. The Balaban J connectivity index is 2.00. The molecule has 2 rings (SSSR count). The molecule has 0 heterocycles. The van der Waals surface area contributed by atoms with Gasteiger partial charge in [-0.3, -0.25) is 4.79 Å². The van der Waals surface area contributed by atoms with Crippen molar-refractivity contribution in [1.29, 1.82) is 0 Å². The van der Waals surface area contributed by atoms with Gasteiger partial charge in [-0.1, -0.05) is 44.2 Å². The normalized spacial score (nSPS) is 17.1. The lowest BCUT2D eigenvalue weighted by molar-refractivity contribution is -0.119. The quantitative estimate of drug-likeness (QED) is 0.895. The van der Waals surface area contributed by atoms with E-state index in [-0.39, 0.29) is 16.7 Å². The highest BCUT2D eigenvalue weighted by molar-refractivity contribution is 7.92. The van der Waals surface area contributed by atoms with Crippen LogP contribution in [0.4, 0.5) is 0 Å².